The number of hydrogen-bond donors (Lipinski definition) is 0. The Kier molecular flexibility index (Phi) is 4.84. The molecular weight excluding hydrogens is 396 g/mol. The molecule has 0 N–H and O–H groups in total. The van der Waals surface area contributed by atoms with Gasteiger partial charge in [0.15, 0.2) is 0 Å². The van der Waals surface area contributed by atoms with Crippen LogP contribution < -0.4 is 10.4 Å². The van der Waals surface area contributed by atoms with Crippen LogP contribution in [0.15, 0.2) is 109 Å². The zero-order valence-corrected chi connectivity index (χ0v) is 19.5. The lowest BCUT2D eigenvalue weighted by Crippen LogP contribution is -2.24. The van der Waals surface area contributed by atoms with Gasteiger partial charge in [-0.15, -0.1) is 0 Å². The second-order valence-corrected chi connectivity index (χ2v) is 10.1. The molecule has 6 rings (SSSR count). The van der Waals surface area contributed by atoms with Crippen LogP contribution in [0.3, 0.4) is 0 Å². The predicted octanol–water partition coefficient (Wildman–Crippen LogP) is 6.68. The van der Waals surface area contributed by atoms with Gasteiger partial charge in [-0.1, -0.05) is 129 Å². The lowest BCUT2D eigenvalue weighted by atomic mass is 9.71. The lowest BCUT2D eigenvalue weighted by molar-refractivity contribution is 0.473. The van der Waals surface area contributed by atoms with Gasteiger partial charge in [0.1, 0.15) is 0 Å². The van der Waals surface area contributed by atoms with Crippen LogP contribution in [-0.2, 0) is 5.41 Å². The SMILES string of the molecule is CC(C)(c1ccccc1)C1C=C(CCC2=c3ccccc3=C3C=CC=CC32)c2ccccc21. The quantitative estimate of drug-likeness (QED) is 0.427. The molecule has 0 bridgehead atoms. The fourth-order valence-electron chi connectivity index (χ4n) is 6.15. The monoisotopic (exact) mass is 426 g/mol. The van der Waals surface area contributed by atoms with Crippen LogP contribution in [0.2, 0.25) is 0 Å². The van der Waals surface area contributed by atoms with Crippen molar-refractivity contribution in [3.05, 3.63) is 136 Å². The molecule has 0 fully saturated rings. The summed E-state index contributed by atoms with van der Waals surface area (Å²) in [5.41, 5.74) is 8.92. The summed E-state index contributed by atoms with van der Waals surface area (Å²) in [5.74, 6) is 0.827. The molecule has 3 aliphatic carbocycles. The van der Waals surface area contributed by atoms with Crippen molar-refractivity contribution < 1.29 is 0 Å². The van der Waals surface area contributed by atoms with E-state index in [4.69, 9.17) is 0 Å². The van der Waals surface area contributed by atoms with E-state index in [1.807, 2.05) is 0 Å². The van der Waals surface area contributed by atoms with Crippen molar-refractivity contribution in [1.82, 2.24) is 0 Å². The van der Waals surface area contributed by atoms with Crippen molar-refractivity contribution in [2.75, 3.05) is 0 Å². The molecule has 3 aliphatic rings. The topological polar surface area (TPSA) is 0 Å². The summed E-state index contributed by atoms with van der Waals surface area (Å²) in [6.07, 6.45) is 13.8. The molecule has 33 heavy (non-hydrogen) atoms. The third-order valence-corrected chi connectivity index (χ3v) is 7.95. The van der Waals surface area contributed by atoms with Crippen LogP contribution in [0.25, 0.3) is 16.7 Å². The molecule has 0 spiro atoms. The van der Waals surface area contributed by atoms with E-state index in [2.05, 4.69) is 123 Å². The maximum Gasteiger partial charge on any atom is 0.0246 e. The van der Waals surface area contributed by atoms with E-state index in [1.165, 1.54) is 38.3 Å². The fourth-order valence-corrected chi connectivity index (χ4v) is 6.15. The summed E-state index contributed by atoms with van der Waals surface area (Å²) in [6, 6.07) is 29.0. The Morgan fingerprint density at radius 2 is 1.45 bits per heavy atom. The smallest absolute Gasteiger partial charge is 0.0246 e. The molecule has 0 saturated carbocycles. The molecule has 0 nitrogen and oxygen atoms in total. The summed E-state index contributed by atoms with van der Waals surface area (Å²) in [6.45, 7) is 4.79. The highest BCUT2D eigenvalue weighted by Crippen LogP contribution is 2.49. The third kappa shape index (κ3) is 3.28. The molecule has 2 unspecified atom stereocenters. The van der Waals surface area contributed by atoms with Gasteiger partial charge in [0.2, 0.25) is 0 Å². The van der Waals surface area contributed by atoms with Gasteiger partial charge < -0.3 is 0 Å². The Morgan fingerprint density at radius 1 is 0.727 bits per heavy atom. The van der Waals surface area contributed by atoms with E-state index in [-0.39, 0.29) is 5.41 Å². The van der Waals surface area contributed by atoms with Gasteiger partial charge in [0.25, 0.3) is 0 Å². The van der Waals surface area contributed by atoms with Gasteiger partial charge in [0.05, 0.1) is 0 Å². The van der Waals surface area contributed by atoms with E-state index in [1.54, 1.807) is 5.57 Å². The van der Waals surface area contributed by atoms with Crippen molar-refractivity contribution in [3.63, 3.8) is 0 Å². The molecule has 3 aromatic rings. The molecule has 0 heterocycles. The normalized spacial score (nSPS) is 20.5. The number of benzene rings is 3. The molecule has 0 saturated heterocycles. The summed E-state index contributed by atoms with van der Waals surface area (Å²) >= 11 is 0. The van der Waals surface area contributed by atoms with Crippen LogP contribution in [-0.4, -0.2) is 0 Å². The van der Waals surface area contributed by atoms with Gasteiger partial charge >= 0.3 is 0 Å². The first-order valence-electron chi connectivity index (χ1n) is 12.2. The summed E-state index contributed by atoms with van der Waals surface area (Å²) in [4.78, 5) is 0. The third-order valence-electron chi connectivity index (χ3n) is 7.95. The largest absolute Gasteiger partial charge is 0.0729 e. The molecule has 0 aromatic heterocycles. The predicted molar refractivity (Wildman–Crippen MR) is 140 cm³/mol. The van der Waals surface area contributed by atoms with Gasteiger partial charge in [-0.2, -0.15) is 0 Å². The maximum atomic E-state index is 2.57. The Labute approximate surface area is 197 Å². The zero-order chi connectivity index (χ0) is 22.4. The van der Waals surface area contributed by atoms with Crippen LogP contribution >= 0.6 is 0 Å². The first kappa shape index (κ1) is 20.2. The Morgan fingerprint density at radius 3 is 2.30 bits per heavy atom. The van der Waals surface area contributed by atoms with E-state index >= 15 is 0 Å². The Balaban J connectivity index is 1.37. The summed E-state index contributed by atoms with van der Waals surface area (Å²) in [5, 5.41) is 2.86. The average molecular weight is 427 g/mol. The summed E-state index contributed by atoms with van der Waals surface area (Å²) < 4.78 is 0. The Bertz CT molecular complexity index is 1430. The van der Waals surface area contributed by atoms with Crippen molar-refractivity contribution >= 4 is 16.7 Å². The maximum absolute atomic E-state index is 2.57. The highest BCUT2D eigenvalue weighted by atomic mass is 14.4. The first-order chi connectivity index (χ1) is 16.1. The highest BCUT2D eigenvalue weighted by Gasteiger charge is 2.36. The second-order valence-electron chi connectivity index (χ2n) is 10.1. The van der Waals surface area contributed by atoms with Gasteiger partial charge in [-0.3, -0.25) is 0 Å². The molecule has 0 heteroatoms. The number of allylic oxidation sites excluding steroid dienone is 6. The molecule has 0 amide bonds. The highest BCUT2D eigenvalue weighted by molar-refractivity contribution is 5.82. The zero-order valence-electron chi connectivity index (χ0n) is 19.5. The molecule has 0 radical (unpaired) electrons. The van der Waals surface area contributed by atoms with Crippen LogP contribution in [0.1, 0.15) is 49.3 Å². The number of hydrogen-bond acceptors (Lipinski definition) is 0. The van der Waals surface area contributed by atoms with Crippen molar-refractivity contribution in [1.29, 1.82) is 0 Å². The van der Waals surface area contributed by atoms with Crippen molar-refractivity contribution in [2.24, 2.45) is 5.92 Å². The van der Waals surface area contributed by atoms with Crippen LogP contribution in [0.5, 0.6) is 0 Å². The number of rotatable bonds is 5. The standard InChI is InChI=1S/C33H30/c1-33(2,24-12-4-3-5-13-24)32-22-23(25-14-6-11-19-31(25)32)20-21-30-28-17-9-7-15-26(28)27-16-8-10-18-29(27)30/h3-19,22,28,32H,20-21H2,1-2H3. The molecule has 3 aromatic carbocycles. The van der Waals surface area contributed by atoms with Gasteiger partial charge in [-0.25, -0.2) is 0 Å². The van der Waals surface area contributed by atoms with E-state index in [0.29, 0.717) is 11.8 Å². The molecule has 0 aliphatic heterocycles. The summed E-state index contributed by atoms with van der Waals surface area (Å²) in [7, 11) is 0. The van der Waals surface area contributed by atoms with E-state index < -0.39 is 0 Å². The van der Waals surface area contributed by atoms with Crippen LogP contribution in [0.4, 0.5) is 0 Å². The average Bonchev–Trinajstić information content (AvgIpc) is 3.40. The van der Waals surface area contributed by atoms with Crippen molar-refractivity contribution in [3.8, 4) is 0 Å². The fraction of sp³-hybridized carbons (Fsp3) is 0.212. The number of fused-ring (bicyclic) bond motifs is 3. The first-order valence-corrected chi connectivity index (χ1v) is 12.2. The second kappa shape index (κ2) is 7.89. The van der Waals surface area contributed by atoms with E-state index in [9.17, 15) is 0 Å². The molecule has 162 valence electrons. The minimum absolute atomic E-state index is 0.0457. The minimum atomic E-state index is 0.0457. The van der Waals surface area contributed by atoms with Crippen LogP contribution in [0, 0.1) is 5.92 Å². The lowest BCUT2D eigenvalue weighted by Gasteiger charge is -2.32. The van der Waals surface area contributed by atoms with Crippen molar-refractivity contribution in [2.45, 2.75) is 38.0 Å². The molecular formula is C33H30. The van der Waals surface area contributed by atoms with Gasteiger partial charge in [-0.05, 0) is 51.1 Å². The minimum Gasteiger partial charge on any atom is -0.0729 e. The Hall–Kier alpha value is -3.38. The molecule has 2 atom stereocenters. The van der Waals surface area contributed by atoms with Gasteiger partial charge in [0, 0.05) is 17.3 Å². The van der Waals surface area contributed by atoms with E-state index in [0.717, 1.165) is 12.8 Å².